The Hall–Kier alpha value is -1.32. The van der Waals surface area contributed by atoms with E-state index in [1.165, 1.54) is 0 Å². The van der Waals surface area contributed by atoms with Gasteiger partial charge in [0.15, 0.2) is 0 Å². The van der Waals surface area contributed by atoms with Gasteiger partial charge in [0.05, 0.1) is 0 Å². The molecule has 1 rings (SSSR count). The summed E-state index contributed by atoms with van der Waals surface area (Å²) in [7, 11) is 0. The van der Waals surface area contributed by atoms with Gasteiger partial charge in [-0.1, -0.05) is 19.9 Å². The summed E-state index contributed by atoms with van der Waals surface area (Å²) in [6.07, 6.45) is 2.89. The third kappa shape index (κ3) is 1.96. The molecule has 16 heavy (non-hydrogen) atoms. The highest BCUT2D eigenvalue weighted by Crippen LogP contribution is 2.22. The van der Waals surface area contributed by atoms with Crippen molar-refractivity contribution >= 4 is 11.8 Å². The van der Waals surface area contributed by atoms with Crippen LogP contribution in [0.1, 0.15) is 33.6 Å². The topological polar surface area (TPSA) is 49.4 Å². The maximum Gasteiger partial charge on any atom is 0.248 e. The third-order valence-electron chi connectivity index (χ3n) is 3.23. The smallest absolute Gasteiger partial charge is 0.248 e. The number of amides is 2. The highest BCUT2D eigenvalue weighted by Gasteiger charge is 2.45. The van der Waals surface area contributed by atoms with E-state index >= 15 is 0 Å². The summed E-state index contributed by atoms with van der Waals surface area (Å²) in [6, 6.07) is -0.356. The Labute approximate surface area is 96.7 Å². The molecule has 1 aliphatic rings. The van der Waals surface area contributed by atoms with Crippen molar-refractivity contribution in [2.75, 3.05) is 6.54 Å². The molecule has 2 amide bonds. The Balaban J connectivity index is 3.02. The number of hydrogen-bond donors (Lipinski definition) is 1. The van der Waals surface area contributed by atoms with Gasteiger partial charge in [0.2, 0.25) is 11.8 Å². The van der Waals surface area contributed by atoms with Crippen molar-refractivity contribution in [3.8, 4) is 0 Å². The van der Waals surface area contributed by atoms with Gasteiger partial charge in [-0.15, -0.1) is 6.58 Å². The van der Waals surface area contributed by atoms with Gasteiger partial charge < -0.3 is 10.2 Å². The van der Waals surface area contributed by atoms with E-state index in [-0.39, 0.29) is 17.9 Å². The SMILES string of the molecule is C=CCN1C(=O)C(C)(CC)NC(=O)C1CC. The number of nitrogens with one attached hydrogen (secondary N) is 1. The van der Waals surface area contributed by atoms with Crippen LogP contribution in [-0.4, -0.2) is 34.8 Å². The first-order valence-electron chi connectivity index (χ1n) is 5.74. The van der Waals surface area contributed by atoms with Gasteiger partial charge in [-0.05, 0) is 19.8 Å². The highest BCUT2D eigenvalue weighted by atomic mass is 16.2. The van der Waals surface area contributed by atoms with Crippen LogP contribution in [0.5, 0.6) is 0 Å². The van der Waals surface area contributed by atoms with Gasteiger partial charge in [-0.2, -0.15) is 0 Å². The van der Waals surface area contributed by atoms with E-state index in [2.05, 4.69) is 11.9 Å². The molecule has 0 aliphatic carbocycles. The van der Waals surface area contributed by atoms with Crippen molar-refractivity contribution in [3.63, 3.8) is 0 Å². The molecular weight excluding hydrogens is 204 g/mol. The molecule has 4 heteroatoms. The Morgan fingerprint density at radius 1 is 1.50 bits per heavy atom. The van der Waals surface area contributed by atoms with Crippen LogP contribution in [0.25, 0.3) is 0 Å². The lowest BCUT2D eigenvalue weighted by atomic mass is 9.91. The molecule has 1 saturated heterocycles. The normalized spacial score (nSPS) is 30.2. The van der Waals surface area contributed by atoms with Gasteiger partial charge in [0.25, 0.3) is 0 Å². The van der Waals surface area contributed by atoms with Crippen LogP contribution in [0.3, 0.4) is 0 Å². The average Bonchev–Trinajstić information content (AvgIpc) is 2.26. The van der Waals surface area contributed by atoms with E-state index in [0.717, 1.165) is 0 Å². The lowest BCUT2D eigenvalue weighted by molar-refractivity contribution is -0.153. The Kier molecular flexibility index (Phi) is 3.73. The Morgan fingerprint density at radius 3 is 2.56 bits per heavy atom. The van der Waals surface area contributed by atoms with Gasteiger partial charge in [0, 0.05) is 6.54 Å². The van der Waals surface area contributed by atoms with Crippen LogP contribution in [0.4, 0.5) is 0 Å². The molecule has 1 heterocycles. The van der Waals surface area contributed by atoms with Gasteiger partial charge >= 0.3 is 0 Å². The lowest BCUT2D eigenvalue weighted by Gasteiger charge is -2.43. The monoisotopic (exact) mass is 224 g/mol. The van der Waals surface area contributed by atoms with Crippen LogP contribution < -0.4 is 5.32 Å². The number of nitrogens with zero attached hydrogens (tertiary/aromatic N) is 1. The molecule has 0 bridgehead atoms. The Bertz CT molecular complexity index is 314. The van der Waals surface area contributed by atoms with Gasteiger partial charge in [-0.3, -0.25) is 9.59 Å². The number of carbonyl (C=O) groups is 2. The standard InChI is InChI=1S/C12H20N2O2/c1-5-8-14-9(6-2)10(15)13-12(4,7-3)11(14)16/h5,9H,1,6-8H2,2-4H3,(H,13,15). The van der Waals surface area contributed by atoms with E-state index in [4.69, 9.17) is 0 Å². The summed E-state index contributed by atoms with van der Waals surface area (Å²) in [4.78, 5) is 25.8. The van der Waals surface area contributed by atoms with Crippen molar-refractivity contribution in [2.45, 2.75) is 45.2 Å². The first-order valence-corrected chi connectivity index (χ1v) is 5.74. The average molecular weight is 224 g/mol. The van der Waals surface area contributed by atoms with Crippen molar-refractivity contribution < 1.29 is 9.59 Å². The maximum absolute atomic E-state index is 12.2. The molecule has 4 nitrogen and oxygen atoms in total. The van der Waals surface area contributed by atoms with Crippen LogP contribution in [0.15, 0.2) is 12.7 Å². The molecule has 1 N–H and O–H groups in total. The number of piperazine rings is 1. The predicted molar refractivity (Wildman–Crippen MR) is 62.8 cm³/mol. The van der Waals surface area contributed by atoms with E-state index in [1.807, 2.05) is 13.8 Å². The number of carbonyl (C=O) groups excluding carboxylic acids is 2. The minimum absolute atomic E-state index is 0.0126. The molecule has 1 fully saturated rings. The van der Waals surface area contributed by atoms with Crippen LogP contribution in [-0.2, 0) is 9.59 Å². The van der Waals surface area contributed by atoms with Gasteiger partial charge in [-0.25, -0.2) is 0 Å². The van der Waals surface area contributed by atoms with Crippen molar-refractivity contribution in [1.82, 2.24) is 10.2 Å². The minimum atomic E-state index is -0.758. The molecule has 2 unspecified atom stereocenters. The predicted octanol–water partition coefficient (Wildman–Crippen LogP) is 1.08. The molecule has 1 aliphatic heterocycles. The fourth-order valence-electron chi connectivity index (χ4n) is 2.00. The van der Waals surface area contributed by atoms with Crippen molar-refractivity contribution in [3.05, 3.63) is 12.7 Å². The molecule has 0 aromatic carbocycles. The van der Waals surface area contributed by atoms with Crippen LogP contribution in [0.2, 0.25) is 0 Å². The fourth-order valence-corrected chi connectivity index (χ4v) is 2.00. The molecule has 0 radical (unpaired) electrons. The minimum Gasteiger partial charge on any atom is -0.340 e. The maximum atomic E-state index is 12.2. The summed E-state index contributed by atoms with van der Waals surface area (Å²) >= 11 is 0. The number of hydrogen-bond acceptors (Lipinski definition) is 2. The second-order valence-corrected chi connectivity index (χ2v) is 4.35. The van der Waals surface area contributed by atoms with Crippen molar-refractivity contribution in [1.29, 1.82) is 0 Å². The zero-order valence-corrected chi connectivity index (χ0v) is 10.2. The highest BCUT2D eigenvalue weighted by molar-refractivity contribution is 5.99. The second-order valence-electron chi connectivity index (χ2n) is 4.35. The third-order valence-corrected chi connectivity index (χ3v) is 3.23. The molecule has 0 aromatic heterocycles. The fraction of sp³-hybridized carbons (Fsp3) is 0.667. The largest absolute Gasteiger partial charge is 0.340 e. The van der Waals surface area contributed by atoms with E-state index in [9.17, 15) is 9.59 Å². The molecule has 90 valence electrons. The van der Waals surface area contributed by atoms with Crippen LogP contribution in [0, 0.1) is 0 Å². The summed E-state index contributed by atoms with van der Waals surface area (Å²) in [5, 5.41) is 2.82. The van der Waals surface area contributed by atoms with E-state index in [1.54, 1.807) is 17.9 Å². The van der Waals surface area contributed by atoms with Crippen LogP contribution >= 0.6 is 0 Å². The Morgan fingerprint density at radius 2 is 2.12 bits per heavy atom. The summed E-state index contributed by atoms with van der Waals surface area (Å²) in [5.41, 5.74) is -0.758. The summed E-state index contributed by atoms with van der Waals surface area (Å²) < 4.78 is 0. The van der Waals surface area contributed by atoms with Gasteiger partial charge in [0.1, 0.15) is 11.6 Å². The summed E-state index contributed by atoms with van der Waals surface area (Å²) in [5.74, 6) is -0.0744. The van der Waals surface area contributed by atoms with E-state index < -0.39 is 5.54 Å². The zero-order chi connectivity index (χ0) is 12.3. The summed E-state index contributed by atoms with van der Waals surface area (Å²) in [6.45, 7) is 9.64. The molecular formula is C12H20N2O2. The second kappa shape index (κ2) is 4.68. The first kappa shape index (κ1) is 12.7. The lowest BCUT2D eigenvalue weighted by Crippen LogP contribution is -2.68. The quantitative estimate of drug-likeness (QED) is 0.726. The first-order chi connectivity index (χ1) is 7.50. The zero-order valence-electron chi connectivity index (χ0n) is 10.2. The molecule has 2 atom stereocenters. The molecule has 0 spiro atoms. The molecule has 0 saturated carbocycles. The number of rotatable bonds is 4. The molecule has 0 aromatic rings. The van der Waals surface area contributed by atoms with E-state index in [0.29, 0.717) is 19.4 Å². The van der Waals surface area contributed by atoms with Crippen molar-refractivity contribution in [2.24, 2.45) is 0 Å².